The molecule has 1 aliphatic rings. The SMILES string of the molecule is CCOc1cc(-c2ccc(N3CCC(NC(=O)c4ccccc4C#N)CC3)nc2)c2c3cn[nH]c3nn2c1. The van der Waals surface area contributed by atoms with Gasteiger partial charge in [-0.2, -0.15) is 10.4 Å². The van der Waals surface area contributed by atoms with Crippen LogP contribution in [0, 0.1) is 11.3 Å². The summed E-state index contributed by atoms with van der Waals surface area (Å²) in [6, 6.07) is 15.1. The Morgan fingerprint density at radius 1 is 1.21 bits per heavy atom. The Bertz CT molecular complexity index is 1660. The van der Waals surface area contributed by atoms with Crippen LogP contribution in [0.5, 0.6) is 5.75 Å². The van der Waals surface area contributed by atoms with Gasteiger partial charge in [0.25, 0.3) is 5.91 Å². The van der Waals surface area contributed by atoms with Crippen molar-refractivity contribution >= 4 is 28.3 Å². The highest BCUT2D eigenvalue weighted by Crippen LogP contribution is 2.33. The zero-order chi connectivity index (χ0) is 26.1. The number of carbonyl (C=O) groups is 1. The molecule has 0 spiro atoms. The summed E-state index contributed by atoms with van der Waals surface area (Å²) in [6.45, 7) is 4.07. The van der Waals surface area contributed by atoms with Crippen molar-refractivity contribution in [2.75, 3.05) is 24.6 Å². The summed E-state index contributed by atoms with van der Waals surface area (Å²) in [5.74, 6) is 1.43. The minimum atomic E-state index is -0.199. The molecule has 6 rings (SSSR count). The lowest BCUT2D eigenvalue weighted by atomic mass is 10.0. The molecule has 1 amide bonds. The Hall–Kier alpha value is -4.91. The van der Waals surface area contributed by atoms with Crippen LogP contribution >= 0.6 is 0 Å². The molecule has 5 heterocycles. The molecule has 1 saturated heterocycles. The van der Waals surface area contributed by atoms with E-state index in [9.17, 15) is 10.1 Å². The molecule has 190 valence electrons. The first-order valence-corrected chi connectivity index (χ1v) is 12.6. The molecular formula is C28H26N8O2. The molecule has 2 N–H and O–H groups in total. The highest BCUT2D eigenvalue weighted by Gasteiger charge is 2.23. The third kappa shape index (κ3) is 4.28. The maximum absolute atomic E-state index is 12.7. The number of H-pyrrole nitrogens is 1. The first kappa shape index (κ1) is 23.5. The lowest BCUT2D eigenvalue weighted by Crippen LogP contribution is -2.45. The Balaban J connectivity index is 1.18. The van der Waals surface area contributed by atoms with Crippen LogP contribution in [0.3, 0.4) is 0 Å². The number of hydrogen-bond acceptors (Lipinski definition) is 7. The van der Waals surface area contributed by atoms with Gasteiger partial charge < -0.3 is 15.0 Å². The second-order valence-corrected chi connectivity index (χ2v) is 9.25. The van der Waals surface area contributed by atoms with Gasteiger partial charge in [0.15, 0.2) is 5.65 Å². The standard InChI is InChI=1S/C28H26N8O2/c1-2-38-21-13-23(26-24-16-31-33-27(24)34-36(26)17-21)19-7-8-25(30-15-19)35-11-9-20(10-12-35)32-28(37)22-6-4-3-5-18(22)14-29/h3-8,13,15-17,20H,2,9-12H2,1H3,(H,32,37)(H,33,34). The maximum atomic E-state index is 12.7. The summed E-state index contributed by atoms with van der Waals surface area (Å²) in [7, 11) is 0. The van der Waals surface area contributed by atoms with E-state index in [1.807, 2.05) is 36.0 Å². The quantitative estimate of drug-likeness (QED) is 0.357. The van der Waals surface area contributed by atoms with Gasteiger partial charge in [0.2, 0.25) is 0 Å². The van der Waals surface area contributed by atoms with Gasteiger partial charge in [-0.1, -0.05) is 12.1 Å². The van der Waals surface area contributed by atoms with Crippen LogP contribution < -0.4 is 15.0 Å². The molecule has 1 aliphatic heterocycles. The lowest BCUT2D eigenvalue weighted by Gasteiger charge is -2.33. The number of aromatic amines is 1. The number of rotatable bonds is 6. The van der Waals surface area contributed by atoms with Gasteiger partial charge in [0.1, 0.15) is 11.6 Å². The van der Waals surface area contributed by atoms with Crippen LogP contribution in [-0.2, 0) is 0 Å². The normalized spacial score (nSPS) is 14.1. The number of piperidine rings is 1. The van der Waals surface area contributed by atoms with E-state index in [0.717, 1.165) is 65.2 Å². The Labute approximate surface area is 218 Å². The van der Waals surface area contributed by atoms with Crippen molar-refractivity contribution in [1.82, 2.24) is 30.1 Å². The number of fused-ring (bicyclic) bond motifs is 3. The summed E-state index contributed by atoms with van der Waals surface area (Å²) in [4.78, 5) is 19.7. The highest BCUT2D eigenvalue weighted by molar-refractivity contribution is 6.01. The van der Waals surface area contributed by atoms with E-state index in [0.29, 0.717) is 17.7 Å². The molecule has 0 atom stereocenters. The molecule has 0 bridgehead atoms. The van der Waals surface area contributed by atoms with E-state index in [4.69, 9.17) is 9.72 Å². The van der Waals surface area contributed by atoms with E-state index < -0.39 is 0 Å². The molecule has 0 saturated carbocycles. The number of nitriles is 1. The summed E-state index contributed by atoms with van der Waals surface area (Å²) in [6.07, 6.45) is 7.14. The first-order chi connectivity index (χ1) is 18.6. The monoisotopic (exact) mass is 506 g/mol. The zero-order valence-corrected chi connectivity index (χ0v) is 20.9. The van der Waals surface area contributed by atoms with E-state index >= 15 is 0 Å². The third-order valence-electron chi connectivity index (χ3n) is 6.92. The molecule has 5 aromatic rings. The minimum absolute atomic E-state index is 0.0543. The number of ether oxygens (including phenoxy) is 1. The predicted molar refractivity (Wildman–Crippen MR) is 143 cm³/mol. The number of pyridine rings is 2. The molecular weight excluding hydrogens is 480 g/mol. The van der Waals surface area contributed by atoms with Crippen molar-refractivity contribution < 1.29 is 9.53 Å². The number of benzene rings is 1. The second kappa shape index (κ2) is 9.86. The number of aromatic nitrogens is 5. The number of hydrogen-bond donors (Lipinski definition) is 2. The van der Waals surface area contributed by atoms with Crippen LogP contribution in [0.1, 0.15) is 35.7 Å². The van der Waals surface area contributed by atoms with Crippen molar-refractivity contribution in [2.24, 2.45) is 0 Å². The van der Waals surface area contributed by atoms with Crippen molar-refractivity contribution in [3.63, 3.8) is 0 Å². The summed E-state index contributed by atoms with van der Waals surface area (Å²) in [5.41, 5.74) is 4.40. The maximum Gasteiger partial charge on any atom is 0.252 e. The molecule has 10 heteroatoms. The Morgan fingerprint density at radius 3 is 2.82 bits per heavy atom. The fraction of sp³-hybridized carbons (Fsp3) is 0.250. The van der Waals surface area contributed by atoms with Crippen molar-refractivity contribution in [1.29, 1.82) is 5.26 Å². The number of carbonyl (C=O) groups excluding carboxylic acids is 1. The van der Waals surface area contributed by atoms with Gasteiger partial charge in [-0.05, 0) is 50.1 Å². The average molecular weight is 507 g/mol. The minimum Gasteiger partial charge on any atom is -0.492 e. The van der Waals surface area contributed by atoms with Crippen LogP contribution in [0.25, 0.3) is 27.7 Å². The van der Waals surface area contributed by atoms with E-state index in [1.165, 1.54) is 0 Å². The number of nitrogens with one attached hydrogen (secondary N) is 2. The van der Waals surface area contributed by atoms with Gasteiger partial charge in [-0.3, -0.25) is 9.89 Å². The molecule has 38 heavy (non-hydrogen) atoms. The molecule has 1 fully saturated rings. The molecule has 1 aromatic carbocycles. The molecule has 0 radical (unpaired) electrons. The largest absolute Gasteiger partial charge is 0.492 e. The van der Waals surface area contributed by atoms with Gasteiger partial charge in [-0.15, -0.1) is 5.10 Å². The van der Waals surface area contributed by atoms with Gasteiger partial charge in [-0.25, -0.2) is 9.50 Å². The van der Waals surface area contributed by atoms with Crippen LogP contribution in [0.2, 0.25) is 0 Å². The molecule has 0 unspecified atom stereocenters. The second-order valence-electron chi connectivity index (χ2n) is 9.25. The number of anilines is 1. The van der Waals surface area contributed by atoms with Gasteiger partial charge >= 0.3 is 0 Å². The van der Waals surface area contributed by atoms with Gasteiger partial charge in [0.05, 0.1) is 47.1 Å². The van der Waals surface area contributed by atoms with E-state index in [-0.39, 0.29) is 11.9 Å². The smallest absolute Gasteiger partial charge is 0.252 e. The first-order valence-electron chi connectivity index (χ1n) is 12.6. The predicted octanol–water partition coefficient (Wildman–Crippen LogP) is 3.94. The van der Waals surface area contributed by atoms with Crippen LogP contribution in [-0.4, -0.2) is 56.4 Å². The Kier molecular flexibility index (Phi) is 6.09. The van der Waals surface area contributed by atoms with Crippen molar-refractivity contribution in [2.45, 2.75) is 25.8 Å². The van der Waals surface area contributed by atoms with E-state index in [2.05, 4.69) is 37.6 Å². The summed E-state index contributed by atoms with van der Waals surface area (Å²) < 4.78 is 7.61. The molecule has 10 nitrogen and oxygen atoms in total. The summed E-state index contributed by atoms with van der Waals surface area (Å²) in [5, 5.41) is 25.0. The van der Waals surface area contributed by atoms with Crippen molar-refractivity contribution in [3.05, 3.63) is 72.2 Å². The molecule has 4 aromatic heterocycles. The van der Waals surface area contributed by atoms with Crippen LogP contribution in [0.15, 0.2) is 61.1 Å². The van der Waals surface area contributed by atoms with Crippen molar-refractivity contribution in [3.8, 4) is 22.9 Å². The average Bonchev–Trinajstić information content (AvgIpc) is 3.55. The number of nitrogens with zero attached hydrogens (tertiary/aromatic N) is 6. The summed E-state index contributed by atoms with van der Waals surface area (Å²) >= 11 is 0. The fourth-order valence-electron chi connectivity index (χ4n) is 5.03. The van der Waals surface area contributed by atoms with Crippen LogP contribution in [0.4, 0.5) is 5.82 Å². The highest BCUT2D eigenvalue weighted by atomic mass is 16.5. The van der Waals surface area contributed by atoms with E-state index in [1.54, 1.807) is 30.5 Å². The lowest BCUT2D eigenvalue weighted by molar-refractivity contribution is 0.0931. The van der Waals surface area contributed by atoms with Gasteiger partial charge in [0, 0.05) is 36.5 Å². The fourth-order valence-corrected chi connectivity index (χ4v) is 5.03. The number of amides is 1. The Morgan fingerprint density at radius 2 is 2.05 bits per heavy atom. The topological polar surface area (TPSA) is 124 Å². The molecule has 0 aliphatic carbocycles. The third-order valence-corrected chi connectivity index (χ3v) is 6.92. The zero-order valence-electron chi connectivity index (χ0n) is 20.9.